The van der Waals surface area contributed by atoms with Crippen molar-refractivity contribution in [2.45, 2.75) is 19.8 Å². The van der Waals surface area contributed by atoms with Crippen LogP contribution in [-0.2, 0) is 0 Å². The first kappa shape index (κ1) is 10.3. The van der Waals surface area contributed by atoms with E-state index in [0.29, 0.717) is 0 Å². The van der Waals surface area contributed by atoms with Crippen molar-refractivity contribution in [2.24, 2.45) is 0 Å². The Bertz CT molecular complexity index is 15.0. The molecule has 0 rings (SSSR count). The van der Waals surface area contributed by atoms with Crippen LogP contribution in [0.25, 0.3) is 0 Å². The van der Waals surface area contributed by atoms with Crippen LogP contribution in [-0.4, -0.2) is 35.4 Å². The molecule has 0 saturated heterocycles. The Balaban J connectivity index is 0. The quantitative estimate of drug-likeness (QED) is 0.379. The third-order valence-electron chi connectivity index (χ3n) is 0.487. The summed E-state index contributed by atoms with van der Waals surface area (Å²) in [4.78, 5) is 0. The summed E-state index contributed by atoms with van der Waals surface area (Å²) in [7, 11) is 0. The molecule has 0 N–H and O–H groups in total. The van der Waals surface area contributed by atoms with Crippen molar-refractivity contribution in [1.82, 2.24) is 0 Å². The van der Waals surface area contributed by atoms with Crippen molar-refractivity contribution in [2.75, 3.05) is 5.88 Å². The number of hydrogen-bond donors (Lipinski definition) is 0. The average molecular weight is 116 g/mol. The summed E-state index contributed by atoms with van der Waals surface area (Å²) in [5.74, 6) is 0.816. The van der Waals surface area contributed by atoms with Crippen molar-refractivity contribution in [1.29, 1.82) is 0 Å². The maximum absolute atomic E-state index is 5.30. The van der Waals surface area contributed by atoms with E-state index in [1.807, 2.05) is 0 Å². The first-order valence-corrected chi connectivity index (χ1v) is 2.51. The van der Waals surface area contributed by atoms with E-state index in [2.05, 4.69) is 6.92 Å². The van der Waals surface area contributed by atoms with E-state index in [9.17, 15) is 0 Å². The summed E-state index contributed by atoms with van der Waals surface area (Å²) in [6.45, 7) is 2.13. The van der Waals surface area contributed by atoms with Crippen LogP contribution in [0.4, 0.5) is 0 Å². The summed E-state index contributed by atoms with van der Waals surface area (Å²) >= 11 is 5.30. The fraction of sp³-hybridized carbons (Fsp3) is 1.00. The summed E-state index contributed by atoms with van der Waals surface area (Å²) < 4.78 is 0. The Morgan fingerprint density at radius 3 is 2.00 bits per heavy atom. The zero-order valence-corrected chi connectivity index (χ0v) is 7.26. The molecule has 0 fully saturated rings. The second kappa shape index (κ2) is 9.56. The molecule has 0 spiro atoms. The Hall–Kier alpha value is 1.29. The van der Waals surface area contributed by atoms with Crippen molar-refractivity contribution in [3.8, 4) is 0 Å². The van der Waals surface area contributed by atoms with E-state index in [0.717, 1.165) is 12.3 Å². The van der Waals surface area contributed by atoms with Crippen molar-refractivity contribution in [3.63, 3.8) is 0 Å². The van der Waals surface area contributed by atoms with E-state index in [1.54, 1.807) is 0 Å². The molecule has 0 aromatic rings. The molecule has 33 valence electrons. The third-order valence-corrected chi connectivity index (χ3v) is 0.754. The second-order valence-electron chi connectivity index (χ2n) is 1.04. The number of halogens is 1. The van der Waals surface area contributed by atoms with Crippen molar-refractivity contribution < 1.29 is 0 Å². The van der Waals surface area contributed by atoms with Gasteiger partial charge >= 0.3 is 0 Å². The zero-order chi connectivity index (χ0) is 4.12. The zero-order valence-electron chi connectivity index (χ0n) is 4.50. The van der Waals surface area contributed by atoms with Crippen LogP contribution in [0.5, 0.6) is 0 Å². The molecule has 0 atom stereocenters. The molecule has 6 heavy (non-hydrogen) atoms. The molecular formula is C4H9ClNa. The van der Waals surface area contributed by atoms with Crippen molar-refractivity contribution >= 4 is 41.2 Å². The Morgan fingerprint density at radius 2 is 2.00 bits per heavy atom. The van der Waals surface area contributed by atoms with E-state index < -0.39 is 0 Å². The van der Waals surface area contributed by atoms with Gasteiger partial charge in [-0.05, 0) is 6.42 Å². The number of unbranched alkanes of at least 4 members (excludes halogenated alkanes) is 1. The molecule has 0 aliphatic heterocycles. The monoisotopic (exact) mass is 115 g/mol. The van der Waals surface area contributed by atoms with Gasteiger partial charge in [0, 0.05) is 35.4 Å². The van der Waals surface area contributed by atoms with Crippen LogP contribution in [0.15, 0.2) is 0 Å². The Morgan fingerprint density at radius 1 is 1.50 bits per heavy atom. The average Bonchev–Trinajstić information content (AvgIpc) is 1.41. The van der Waals surface area contributed by atoms with Gasteiger partial charge in [-0.25, -0.2) is 0 Å². The fourth-order valence-electron chi connectivity index (χ4n) is 0.134. The largest absolute Gasteiger partial charge is 0.127 e. The Kier molecular flexibility index (Phi) is 16.4. The van der Waals surface area contributed by atoms with Crippen LogP contribution in [0.1, 0.15) is 19.8 Å². The van der Waals surface area contributed by atoms with E-state index in [1.165, 1.54) is 6.42 Å². The van der Waals surface area contributed by atoms with Crippen molar-refractivity contribution in [3.05, 3.63) is 0 Å². The molecule has 2 heteroatoms. The van der Waals surface area contributed by atoms with Gasteiger partial charge in [-0.2, -0.15) is 0 Å². The maximum atomic E-state index is 5.30. The summed E-state index contributed by atoms with van der Waals surface area (Å²) in [6.07, 6.45) is 2.37. The van der Waals surface area contributed by atoms with Crippen LogP contribution in [0, 0.1) is 0 Å². The number of rotatable bonds is 2. The molecule has 0 saturated carbocycles. The van der Waals surface area contributed by atoms with Gasteiger partial charge in [0.1, 0.15) is 0 Å². The third kappa shape index (κ3) is 8.99. The Labute approximate surface area is 66.6 Å². The van der Waals surface area contributed by atoms with Crippen LogP contribution in [0.2, 0.25) is 0 Å². The SMILES string of the molecule is CCCCCl.[Na]. The molecular weight excluding hydrogens is 106 g/mol. The van der Waals surface area contributed by atoms with Crippen LogP contribution >= 0.6 is 11.6 Å². The minimum absolute atomic E-state index is 0. The maximum Gasteiger partial charge on any atom is 0.0223 e. The molecule has 0 heterocycles. The van der Waals surface area contributed by atoms with E-state index in [4.69, 9.17) is 11.6 Å². The van der Waals surface area contributed by atoms with Crippen LogP contribution in [0.3, 0.4) is 0 Å². The normalized spacial score (nSPS) is 7.00. The molecule has 0 unspecified atom stereocenters. The van der Waals surface area contributed by atoms with Gasteiger partial charge < -0.3 is 0 Å². The molecule has 0 amide bonds. The molecule has 1 radical (unpaired) electrons. The predicted octanol–water partition coefficient (Wildman–Crippen LogP) is 1.64. The first-order chi connectivity index (χ1) is 2.41. The predicted molar refractivity (Wildman–Crippen MR) is 31.4 cm³/mol. The summed E-state index contributed by atoms with van der Waals surface area (Å²) in [5, 5.41) is 0. The van der Waals surface area contributed by atoms with Gasteiger partial charge in [0.25, 0.3) is 0 Å². The van der Waals surface area contributed by atoms with Gasteiger partial charge in [-0.3, -0.25) is 0 Å². The summed E-state index contributed by atoms with van der Waals surface area (Å²) in [5.41, 5.74) is 0. The van der Waals surface area contributed by atoms with Gasteiger partial charge in [0.05, 0.1) is 0 Å². The molecule has 0 bridgehead atoms. The molecule has 0 nitrogen and oxygen atoms in total. The minimum Gasteiger partial charge on any atom is -0.127 e. The number of hydrogen-bond acceptors (Lipinski definition) is 0. The van der Waals surface area contributed by atoms with E-state index in [-0.39, 0.29) is 29.6 Å². The fourth-order valence-corrected chi connectivity index (χ4v) is 0.401. The van der Waals surface area contributed by atoms with Crippen LogP contribution < -0.4 is 0 Å². The standard InChI is InChI=1S/C4H9Cl.Na/c1-2-3-4-5;/h2-4H2,1H3;. The minimum atomic E-state index is 0. The van der Waals surface area contributed by atoms with Gasteiger partial charge in [-0.1, -0.05) is 13.3 Å². The second-order valence-corrected chi connectivity index (χ2v) is 1.42. The van der Waals surface area contributed by atoms with Gasteiger partial charge in [0.2, 0.25) is 0 Å². The van der Waals surface area contributed by atoms with Gasteiger partial charge in [0.15, 0.2) is 0 Å². The molecule has 0 aromatic carbocycles. The van der Waals surface area contributed by atoms with Gasteiger partial charge in [-0.15, -0.1) is 11.6 Å². The number of alkyl halides is 1. The molecule has 0 aliphatic rings. The first-order valence-electron chi connectivity index (χ1n) is 1.97. The molecule has 0 aliphatic carbocycles. The van der Waals surface area contributed by atoms with E-state index >= 15 is 0 Å². The molecule has 0 aromatic heterocycles. The topological polar surface area (TPSA) is 0 Å². The summed E-state index contributed by atoms with van der Waals surface area (Å²) in [6, 6.07) is 0. The smallest absolute Gasteiger partial charge is 0.0223 e.